The van der Waals surface area contributed by atoms with Crippen molar-refractivity contribution in [3.05, 3.63) is 35.5 Å². The number of nitrogen functional groups attached to an aromatic ring is 2. The first-order valence-corrected chi connectivity index (χ1v) is 9.80. The van der Waals surface area contributed by atoms with Crippen molar-refractivity contribution in [1.29, 1.82) is 0 Å². The molecule has 0 bridgehead atoms. The molecule has 0 saturated carbocycles. The summed E-state index contributed by atoms with van der Waals surface area (Å²) in [5.74, 6) is 0.660. The van der Waals surface area contributed by atoms with Crippen LogP contribution in [0.15, 0.2) is 29.4 Å². The Labute approximate surface area is 171 Å². The van der Waals surface area contributed by atoms with Gasteiger partial charge in [0.25, 0.3) is 0 Å². The molecule has 156 valence electrons. The number of benzene rings is 1. The Balaban J connectivity index is 1.60. The van der Waals surface area contributed by atoms with Gasteiger partial charge in [-0.25, -0.2) is 4.98 Å². The highest BCUT2D eigenvalue weighted by Crippen LogP contribution is 2.27. The zero-order chi connectivity index (χ0) is 20.8. The van der Waals surface area contributed by atoms with E-state index in [0.29, 0.717) is 12.4 Å². The highest BCUT2D eigenvalue weighted by atomic mass is 16.6. The number of nitrogens with zero attached hydrogens (tertiary/aromatic N) is 5. The van der Waals surface area contributed by atoms with Crippen LogP contribution in [-0.4, -0.2) is 62.1 Å². The van der Waals surface area contributed by atoms with Crippen LogP contribution in [-0.2, 0) is 4.84 Å². The van der Waals surface area contributed by atoms with Gasteiger partial charge in [-0.3, -0.25) is 0 Å². The molecular formula is C20H30N8O. The summed E-state index contributed by atoms with van der Waals surface area (Å²) in [6, 6.07) is 8.42. The van der Waals surface area contributed by atoms with Crippen LogP contribution < -0.4 is 26.6 Å². The molecule has 9 heteroatoms. The average molecular weight is 399 g/mol. The molecule has 29 heavy (non-hydrogen) atoms. The molecule has 9 nitrogen and oxygen atoms in total. The van der Waals surface area contributed by atoms with E-state index in [2.05, 4.69) is 54.5 Å². The minimum Gasteiger partial charge on any atom is -0.394 e. The molecule has 1 saturated heterocycles. The van der Waals surface area contributed by atoms with E-state index in [0.717, 1.165) is 55.4 Å². The van der Waals surface area contributed by atoms with Gasteiger partial charge in [0, 0.05) is 38.4 Å². The molecule has 0 spiro atoms. The standard InChI is InChI=1S/C20H30N8O/c1-14(26-29-13-8-23-3)16-4-6-17(7-5-16)27-9-11-28(12-10-27)18-15(2)24-20(22)25-19(18)21/h4-7,23H,8-13H2,1-3H3,(H4,21,22,24,25)/b26-14+. The topological polar surface area (TPSA) is 118 Å². The summed E-state index contributed by atoms with van der Waals surface area (Å²) in [5.41, 5.74) is 16.6. The molecule has 0 atom stereocenters. The molecule has 1 aromatic carbocycles. The van der Waals surface area contributed by atoms with E-state index in [4.69, 9.17) is 16.3 Å². The fourth-order valence-electron chi connectivity index (χ4n) is 3.45. The number of hydrogen-bond acceptors (Lipinski definition) is 9. The number of anilines is 4. The number of aryl methyl sites for hydroxylation is 1. The number of nitrogens with two attached hydrogens (primary N) is 2. The third-order valence-electron chi connectivity index (χ3n) is 4.99. The monoisotopic (exact) mass is 398 g/mol. The summed E-state index contributed by atoms with van der Waals surface area (Å²) in [6.45, 7) is 8.68. The molecule has 0 aliphatic carbocycles. The SMILES string of the molecule is CNCCO/N=C(\C)c1ccc(N2CCN(c3c(C)nc(N)nc3N)CC2)cc1. The summed E-state index contributed by atoms with van der Waals surface area (Å²) in [4.78, 5) is 18.2. The Morgan fingerprint density at radius 3 is 2.38 bits per heavy atom. The van der Waals surface area contributed by atoms with Crippen molar-refractivity contribution in [2.45, 2.75) is 13.8 Å². The number of likely N-dealkylation sites (N-methyl/N-ethyl adjacent to an activating group) is 1. The molecule has 0 unspecified atom stereocenters. The van der Waals surface area contributed by atoms with Gasteiger partial charge in [0.15, 0.2) is 5.82 Å². The van der Waals surface area contributed by atoms with Gasteiger partial charge in [-0.2, -0.15) is 4.98 Å². The molecule has 1 aromatic heterocycles. The van der Waals surface area contributed by atoms with Gasteiger partial charge in [0.1, 0.15) is 12.3 Å². The zero-order valence-electron chi connectivity index (χ0n) is 17.4. The Morgan fingerprint density at radius 2 is 1.76 bits per heavy atom. The largest absolute Gasteiger partial charge is 0.394 e. The van der Waals surface area contributed by atoms with Gasteiger partial charge in [-0.1, -0.05) is 17.3 Å². The fourth-order valence-corrected chi connectivity index (χ4v) is 3.45. The second-order valence-electron chi connectivity index (χ2n) is 7.04. The summed E-state index contributed by atoms with van der Waals surface area (Å²) >= 11 is 0. The molecule has 1 aliphatic heterocycles. The Bertz CT molecular complexity index is 821. The zero-order valence-corrected chi connectivity index (χ0v) is 17.4. The maximum atomic E-state index is 6.08. The lowest BCUT2D eigenvalue weighted by Gasteiger charge is -2.38. The van der Waals surface area contributed by atoms with Crippen LogP contribution in [0.1, 0.15) is 18.2 Å². The van der Waals surface area contributed by atoms with Crippen LogP contribution >= 0.6 is 0 Å². The van der Waals surface area contributed by atoms with Crippen LogP contribution in [0.25, 0.3) is 0 Å². The van der Waals surface area contributed by atoms with E-state index in [1.165, 1.54) is 5.69 Å². The average Bonchev–Trinajstić information content (AvgIpc) is 2.71. The third kappa shape index (κ3) is 5.05. The van der Waals surface area contributed by atoms with Crippen LogP contribution in [0.2, 0.25) is 0 Å². The van der Waals surface area contributed by atoms with Crippen molar-refractivity contribution in [2.24, 2.45) is 5.16 Å². The van der Waals surface area contributed by atoms with Crippen LogP contribution in [0, 0.1) is 6.92 Å². The van der Waals surface area contributed by atoms with Crippen molar-refractivity contribution in [3.8, 4) is 0 Å². The first-order valence-electron chi connectivity index (χ1n) is 9.80. The van der Waals surface area contributed by atoms with E-state index < -0.39 is 0 Å². The summed E-state index contributed by atoms with van der Waals surface area (Å²) < 4.78 is 0. The lowest BCUT2D eigenvalue weighted by atomic mass is 10.1. The van der Waals surface area contributed by atoms with Crippen LogP contribution in [0.3, 0.4) is 0 Å². The first kappa shape index (κ1) is 20.7. The summed E-state index contributed by atoms with van der Waals surface area (Å²) in [5, 5.41) is 7.19. The fraction of sp³-hybridized carbons (Fsp3) is 0.450. The number of rotatable bonds is 7. The summed E-state index contributed by atoms with van der Waals surface area (Å²) in [6.07, 6.45) is 0. The van der Waals surface area contributed by atoms with Crippen LogP contribution in [0.5, 0.6) is 0 Å². The Kier molecular flexibility index (Phi) is 6.71. The Morgan fingerprint density at radius 1 is 1.10 bits per heavy atom. The van der Waals surface area contributed by atoms with E-state index in [1.807, 2.05) is 20.9 Å². The lowest BCUT2D eigenvalue weighted by molar-refractivity contribution is 0.147. The van der Waals surface area contributed by atoms with Crippen molar-refractivity contribution in [1.82, 2.24) is 15.3 Å². The van der Waals surface area contributed by atoms with E-state index in [-0.39, 0.29) is 5.95 Å². The molecule has 0 radical (unpaired) electrons. The van der Waals surface area contributed by atoms with Gasteiger partial charge in [-0.05, 0) is 38.6 Å². The van der Waals surface area contributed by atoms with Crippen molar-refractivity contribution < 1.29 is 4.84 Å². The number of oxime groups is 1. The van der Waals surface area contributed by atoms with Crippen LogP contribution in [0.4, 0.5) is 23.1 Å². The summed E-state index contributed by atoms with van der Waals surface area (Å²) in [7, 11) is 1.89. The smallest absolute Gasteiger partial charge is 0.222 e. The molecule has 3 rings (SSSR count). The lowest BCUT2D eigenvalue weighted by Crippen LogP contribution is -2.47. The molecule has 1 aliphatic rings. The second-order valence-corrected chi connectivity index (χ2v) is 7.04. The van der Waals surface area contributed by atoms with Gasteiger partial charge in [0.2, 0.25) is 5.95 Å². The molecule has 2 aromatic rings. The van der Waals surface area contributed by atoms with Crippen molar-refractivity contribution in [2.75, 3.05) is 67.6 Å². The van der Waals surface area contributed by atoms with Gasteiger partial charge in [-0.15, -0.1) is 0 Å². The highest BCUT2D eigenvalue weighted by molar-refractivity contribution is 5.98. The quantitative estimate of drug-likeness (QED) is 0.362. The van der Waals surface area contributed by atoms with E-state index in [1.54, 1.807) is 0 Å². The maximum absolute atomic E-state index is 6.08. The van der Waals surface area contributed by atoms with Gasteiger partial charge < -0.3 is 31.4 Å². The first-order chi connectivity index (χ1) is 14.0. The number of piperazine rings is 1. The number of hydrogen-bond donors (Lipinski definition) is 3. The number of nitrogens with one attached hydrogen (secondary N) is 1. The van der Waals surface area contributed by atoms with Crippen molar-refractivity contribution >= 4 is 28.9 Å². The van der Waals surface area contributed by atoms with Gasteiger partial charge in [0.05, 0.1) is 11.4 Å². The van der Waals surface area contributed by atoms with E-state index >= 15 is 0 Å². The van der Waals surface area contributed by atoms with Gasteiger partial charge >= 0.3 is 0 Å². The predicted molar refractivity (Wildman–Crippen MR) is 119 cm³/mol. The third-order valence-corrected chi connectivity index (χ3v) is 4.99. The molecule has 1 fully saturated rings. The molecular weight excluding hydrogens is 368 g/mol. The predicted octanol–water partition coefficient (Wildman–Crippen LogP) is 1.24. The Hall–Kier alpha value is -3.07. The second kappa shape index (κ2) is 9.42. The van der Waals surface area contributed by atoms with E-state index in [9.17, 15) is 0 Å². The minimum absolute atomic E-state index is 0.216. The maximum Gasteiger partial charge on any atom is 0.222 e. The highest BCUT2D eigenvalue weighted by Gasteiger charge is 2.22. The van der Waals surface area contributed by atoms with Crippen molar-refractivity contribution in [3.63, 3.8) is 0 Å². The minimum atomic E-state index is 0.216. The molecule has 0 amide bonds. The normalized spacial score (nSPS) is 14.9. The molecule has 2 heterocycles. The number of aromatic nitrogens is 2. The molecule has 5 N–H and O–H groups in total.